The molecule has 9 heteroatoms. The van der Waals surface area contributed by atoms with E-state index in [1.54, 1.807) is 11.6 Å². The van der Waals surface area contributed by atoms with Crippen molar-refractivity contribution >= 4 is 27.5 Å². The Hall–Kier alpha value is -1.03. The number of hydrogen-bond acceptors (Lipinski definition) is 5. The summed E-state index contributed by atoms with van der Waals surface area (Å²) >= 11 is 1.40. The number of rotatable bonds is 6. The van der Waals surface area contributed by atoms with Gasteiger partial charge in [-0.3, -0.25) is 4.79 Å². The Morgan fingerprint density at radius 1 is 1.67 bits per heavy atom. The van der Waals surface area contributed by atoms with Gasteiger partial charge in [-0.25, -0.2) is 4.98 Å². The van der Waals surface area contributed by atoms with E-state index in [0.717, 1.165) is 0 Å². The number of nitrogens with one attached hydrogen (secondary N) is 1. The van der Waals surface area contributed by atoms with Gasteiger partial charge in [-0.05, 0) is 19.3 Å². The molecule has 0 bridgehead atoms. The molecule has 2 atom stereocenters. The molecule has 1 aromatic heterocycles. The first-order chi connectivity index (χ1) is 9.94. The van der Waals surface area contributed by atoms with Crippen molar-refractivity contribution in [1.82, 2.24) is 14.0 Å². The van der Waals surface area contributed by atoms with Crippen molar-refractivity contribution in [3.8, 4) is 0 Å². The van der Waals surface area contributed by atoms with Crippen LogP contribution in [0.1, 0.15) is 37.2 Å². The summed E-state index contributed by atoms with van der Waals surface area (Å²) in [5.41, 5.74) is 0. The van der Waals surface area contributed by atoms with E-state index in [4.69, 9.17) is 5.11 Å². The molecule has 0 saturated carbocycles. The highest BCUT2D eigenvalue weighted by atomic mass is 32.2. The third-order valence-electron chi connectivity index (χ3n) is 3.52. The van der Waals surface area contributed by atoms with Gasteiger partial charge in [-0.2, -0.15) is 17.4 Å². The molecule has 1 aliphatic heterocycles. The molecule has 1 fully saturated rings. The van der Waals surface area contributed by atoms with Gasteiger partial charge in [0.25, 0.3) is 10.2 Å². The average molecular weight is 333 g/mol. The number of carbonyl (C=O) groups is 1. The maximum Gasteiger partial charge on any atom is 0.307 e. The second-order valence-electron chi connectivity index (χ2n) is 4.99. The van der Waals surface area contributed by atoms with Gasteiger partial charge in [0.1, 0.15) is 5.01 Å². The molecule has 0 aliphatic carbocycles. The van der Waals surface area contributed by atoms with E-state index in [0.29, 0.717) is 30.8 Å². The highest BCUT2D eigenvalue weighted by Gasteiger charge is 2.33. The minimum absolute atomic E-state index is 0.0268. The van der Waals surface area contributed by atoms with Crippen molar-refractivity contribution < 1.29 is 18.3 Å². The molecule has 2 heterocycles. The molecule has 1 saturated heterocycles. The highest BCUT2D eigenvalue weighted by Crippen LogP contribution is 2.23. The lowest BCUT2D eigenvalue weighted by molar-refractivity contribution is -0.142. The van der Waals surface area contributed by atoms with Gasteiger partial charge in [0.2, 0.25) is 0 Å². The number of aromatic nitrogens is 1. The van der Waals surface area contributed by atoms with Gasteiger partial charge < -0.3 is 5.11 Å². The molecule has 2 unspecified atom stereocenters. The van der Waals surface area contributed by atoms with Gasteiger partial charge in [0.15, 0.2) is 0 Å². The van der Waals surface area contributed by atoms with Crippen LogP contribution in [0.4, 0.5) is 0 Å². The van der Waals surface area contributed by atoms with E-state index in [-0.39, 0.29) is 12.6 Å². The number of nitrogens with zero attached hydrogens (tertiary/aromatic N) is 2. The molecule has 1 aliphatic rings. The Morgan fingerprint density at radius 2 is 2.43 bits per heavy atom. The van der Waals surface area contributed by atoms with Crippen LogP contribution in [0.15, 0.2) is 11.6 Å². The Labute approximate surface area is 128 Å². The van der Waals surface area contributed by atoms with E-state index in [9.17, 15) is 13.2 Å². The first kappa shape index (κ1) is 16.3. The fourth-order valence-electron chi connectivity index (χ4n) is 2.33. The first-order valence-electron chi connectivity index (χ1n) is 6.83. The number of aliphatic carboxylic acids is 1. The summed E-state index contributed by atoms with van der Waals surface area (Å²) in [6.07, 6.45) is 3.30. The maximum atomic E-state index is 12.4. The van der Waals surface area contributed by atoms with Crippen LogP contribution >= 0.6 is 11.3 Å². The minimum atomic E-state index is -3.70. The molecule has 2 rings (SSSR count). The van der Waals surface area contributed by atoms with E-state index in [1.165, 1.54) is 15.6 Å². The lowest BCUT2D eigenvalue weighted by atomic mass is 10.0. The van der Waals surface area contributed by atoms with E-state index < -0.39 is 22.1 Å². The molecular formula is C12H19N3O4S2. The summed E-state index contributed by atoms with van der Waals surface area (Å²) in [6, 6.07) is -0.375. The minimum Gasteiger partial charge on any atom is -0.481 e. The Morgan fingerprint density at radius 3 is 3.00 bits per heavy atom. The van der Waals surface area contributed by atoms with Crippen molar-refractivity contribution in [2.75, 3.05) is 13.1 Å². The molecule has 0 radical (unpaired) electrons. The van der Waals surface area contributed by atoms with Gasteiger partial charge in [0, 0.05) is 24.7 Å². The topological polar surface area (TPSA) is 99.6 Å². The van der Waals surface area contributed by atoms with Crippen LogP contribution in [0.25, 0.3) is 0 Å². The Kier molecular flexibility index (Phi) is 5.31. The Balaban J connectivity index is 2.08. The lowest BCUT2D eigenvalue weighted by Gasteiger charge is -2.31. The van der Waals surface area contributed by atoms with Crippen LogP contribution in [-0.2, 0) is 15.0 Å². The SMILES string of the molecule is CCC(NS(=O)(=O)N1CCCC(C(=O)O)C1)c1nccs1. The quantitative estimate of drug-likeness (QED) is 0.815. The third-order valence-corrected chi connectivity index (χ3v) is 6.01. The molecule has 118 valence electrons. The van der Waals surface area contributed by atoms with E-state index in [2.05, 4.69) is 9.71 Å². The number of carboxylic acids is 1. The van der Waals surface area contributed by atoms with Crippen molar-refractivity contribution in [3.05, 3.63) is 16.6 Å². The van der Waals surface area contributed by atoms with E-state index in [1.807, 2.05) is 6.92 Å². The first-order valence-corrected chi connectivity index (χ1v) is 9.15. The lowest BCUT2D eigenvalue weighted by Crippen LogP contribution is -2.48. The summed E-state index contributed by atoms with van der Waals surface area (Å²) in [7, 11) is -3.70. The zero-order valence-electron chi connectivity index (χ0n) is 11.7. The van der Waals surface area contributed by atoms with Crippen LogP contribution in [0, 0.1) is 5.92 Å². The van der Waals surface area contributed by atoms with Crippen molar-refractivity contribution in [2.45, 2.75) is 32.2 Å². The number of carboxylic acid groups (broad SMARTS) is 1. The molecule has 0 spiro atoms. The summed E-state index contributed by atoms with van der Waals surface area (Å²) in [4.78, 5) is 15.2. The third kappa shape index (κ3) is 4.00. The van der Waals surface area contributed by atoms with Crippen LogP contribution < -0.4 is 4.72 Å². The Bertz CT molecular complexity index is 573. The van der Waals surface area contributed by atoms with Crippen molar-refractivity contribution in [1.29, 1.82) is 0 Å². The van der Waals surface area contributed by atoms with Crippen molar-refractivity contribution in [2.24, 2.45) is 5.92 Å². The maximum absolute atomic E-state index is 12.4. The summed E-state index contributed by atoms with van der Waals surface area (Å²) in [5.74, 6) is -1.57. The highest BCUT2D eigenvalue weighted by molar-refractivity contribution is 7.87. The van der Waals surface area contributed by atoms with Gasteiger partial charge in [0.05, 0.1) is 12.0 Å². The number of hydrogen-bond donors (Lipinski definition) is 2. The van der Waals surface area contributed by atoms with Crippen LogP contribution in [-0.4, -0.2) is 41.9 Å². The standard InChI is InChI=1S/C12H19N3O4S2/c1-2-10(11-13-5-7-20-11)14-21(18,19)15-6-3-4-9(8-15)12(16)17/h5,7,9-10,14H,2-4,6,8H2,1H3,(H,16,17). The van der Waals surface area contributed by atoms with Gasteiger partial charge in [-0.1, -0.05) is 6.92 Å². The fraction of sp³-hybridized carbons (Fsp3) is 0.667. The van der Waals surface area contributed by atoms with Crippen LogP contribution in [0.2, 0.25) is 0 Å². The summed E-state index contributed by atoms with van der Waals surface area (Å²) < 4.78 is 28.7. The molecule has 1 aromatic rings. The fourth-order valence-corrected chi connectivity index (χ4v) is 4.71. The number of piperidine rings is 1. The summed E-state index contributed by atoms with van der Waals surface area (Å²) in [6.45, 7) is 2.26. The molecule has 7 nitrogen and oxygen atoms in total. The van der Waals surface area contributed by atoms with Gasteiger partial charge >= 0.3 is 5.97 Å². The van der Waals surface area contributed by atoms with Crippen molar-refractivity contribution in [3.63, 3.8) is 0 Å². The monoisotopic (exact) mass is 333 g/mol. The van der Waals surface area contributed by atoms with Crippen LogP contribution in [0.3, 0.4) is 0 Å². The average Bonchev–Trinajstić information content (AvgIpc) is 2.99. The molecule has 0 aromatic carbocycles. The molecular weight excluding hydrogens is 314 g/mol. The molecule has 0 amide bonds. The zero-order chi connectivity index (χ0) is 15.5. The van der Waals surface area contributed by atoms with Gasteiger partial charge in [-0.15, -0.1) is 11.3 Å². The number of thiazole rings is 1. The van der Waals surface area contributed by atoms with E-state index >= 15 is 0 Å². The predicted octanol–water partition coefficient (Wildman–Crippen LogP) is 1.23. The van der Waals surface area contributed by atoms with Crippen LogP contribution in [0.5, 0.6) is 0 Å². The summed E-state index contributed by atoms with van der Waals surface area (Å²) in [5, 5.41) is 11.6. The largest absolute Gasteiger partial charge is 0.481 e. The smallest absolute Gasteiger partial charge is 0.307 e. The zero-order valence-corrected chi connectivity index (χ0v) is 13.4. The predicted molar refractivity (Wildman–Crippen MR) is 79.1 cm³/mol. The second-order valence-corrected chi connectivity index (χ2v) is 7.62. The molecule has 2 N–H and O–H groups in total. The second kappa shape index (κ2) is 6.82. The normalized spacial score (nSPS) is 22.0. The molecule has 21 heavy (non-hydrogen) atoms.